The number of rotatable bonds is 2. The second kappa shape index (κ2) is 6.08. The molecule has 0 bridgehead atoms. The van der Waals surface area contributed by atoms with Crippen molar-refractivity contribution >= 4 is 11.4 Å². The van der Waals surface area contributed by atoms with Crippen LogP contribution in [0, 0.1) is 31.6 Å². The van der Waals surface area contributed by atoms with E-state index in [0.717, 1.165) is 18.2 Å². The van der Waals surface area contributed by atoms with Crippen molar-refractivity contribution in [3.63, 3.8) is 0 Å². The average molecular weight is 223 g/mol. The van der Waals surface area contributed by atoms with E-state index >= 15 is 0 Å². The second-order valence-electron chi connectivity index (χ2n) is 2.30. The van der Waals surface area contributed by atoms with Crippen LogP contribution in [-0.2, 0) is 0 Å². The van der Waals surface area contributed by atoms with Gasteiger partial charge in [-0.3, -0.25) is 20.2 Å². The minimum Gasteiger partial charge on any atom is -0.258 e. The van der Waals surface area contributed by atoms with Gasteiger partial charge >= 0.3 is 0 Å². The van der Waals surface area contributed by atoms with Crippen LogP contribution in [0.4, 0.5) is 11.4 Å². The fourth-order valence-electron chi connectivity index (χ4n) is 0.947. The minimum absolute atomic E-state index is 0.525. The molecule has 0 saturated heterocycles. The van der Waals surface area contributed by atoms with Crippen LogP contribution in [0.2, 0.25) is 0 Å². The van der Waals surface area contributed by atoms with Gasteiger partial charge in [0.15, 0.2) is 0 Å². The van der Waals surface area contributed by atoms with Gasteiger partial charge in [-0.25, -0.2) is 0 Å². The zero-order chi connectivity index (χ0) is 12.7. The van der Waals surface area contributed by atoms with Gasteiger partial charge in [-0.1, -0.05) is 13.8 Å². The first-order chi connectivity index (χ1) is 7.57. The average Bonchev–Trinajstić information content (AvgIpc) is 2.30. The fraction of sp³-hybridized carbons (Fsp3) is 0.222. The van der Waals surface area contributed by atoms with Crippen molar-refractivity contribution in [2.45, 2.75) is 13.8 Å². The number of hydrogen-bond acceptors (Lipinski definition) is 5. The van der Waals surface area contributed by atoms with Crippen LogP contribution in [0.25, 0.3) is 0 Å². The zero-order valence-corrected chi connectivity index (χ0v) is 8.71. The quantitative estimate of drug-likeness (QED) is 0.564. The molecule has 1 aromatic carbocycles. The number of nitrogens with zero attached hydrogens (tertiary/aromatic N) is 3. The van der Waals surface area contributed by atoms with Crippen molar-refractivity contribution in [3.05, 3.63) is 44.0 Å². The Kier molecular flexibility index (Phi) is 5.13. The van der Waals surface area contributed by atoms with Gasteiger partial charge in [0.25, 0.3) is 11.4 Å². The van der Waals surface area contributed by atoms with Crippen LogP contribution in [0.5, 0.6) is 0 Å². The molecule has 0 saturated carbocycles. The SMILES string of the molecule is CC.N#Cc1c([N+](=O)[O-])cccc1[N+](=O)[O-]. The number of hydrogen-bond donors (Lipinski definition) is 0. The molecular weight excluding hydrogens is 214 g/mol. The third-order valence-corrected chi connectivity index (χ3v) is 1.53. The standard InChI is InChI=1S/C7H3N3O4.C2H6/c8-4-5-6(9(11)12)2-1-3-7(5)10(13)14;1-2/h1-3H;1-2H3. The van der Waals surface area contributed by atoms with Crippen molar-refractivity contribution in [3.8, 4) is 6.07 Å². The summed E-state index contributed by atoms with van der Waals surface area (Å²) in [6.45, 7) is 4.00. The molecule has 0 spiro atoms. The molecule has 0 aliphatic heterocycles. The Morgan fingerprint density at radius 3 is 1.75 bits per heavy atom. The van der Waals surface area contributed by atoms with Gasteiger partial charge in [-0.2, -0.15) is 5.26 Å². The summed E-state index contributed by atoms with van der Waals surface area (Å²) < 4.78 is 0. The fourth-order valence-corrected chi connectivity index (χ4v) is 0.947. The normalized spacial score (nSPS) is 8.31. The smallest absolute Gasteiger partial charge is 0.258 e. The van der Waals surface area contributed by atoms with Crippen molar-refractivity contribution in [1.82, 2.24) is 0 Å². The Hall–Kier alpha value is -2.49. The first-order valence-electron chi connectivity index (χ1n) is 4.40. The predicted molar refractivity (Wildman–Crippen MR) is 55.8 cm³/mol. The van der Waals surface area contributed by atoms with Crippen molar-refractivity contribution in [2.24, 2.45) is 0 Å². The molecule has 7 heteroatoms. The topological polar surface area (TPSA) is 110 Å². The van der Waals surface area contributed by atoms with Crippen LogP contribution < -0.4 is 0 Å². The Morgan fingerprint density at radius 1 is 1.12 bits per heavy atom. The van der Waals surface area contributed by atoms with Crippen LogP contribution in [0.1, 0.15) is 19.4 Å². The van der Waals surface area contributed by atoms with Crippen LogP contribution in [0.15, 0.2) is 18.2 Å². The van der Waals surface area contributed by atoms with E-state index in [4.69, 9.17) is 5.26 Å². The summed E-state index contributed by atoms with van der Waals surface area (Å²) >= 11 is 0. The van der Waals surface area contributed by atoms with E-state index in [1.54, 1.807) is 0 Å². The molecule has 0 unspecified atom stereocenters. The first kappa shape index (κ1) is 13.5. The number of nitriles is 1. The molecule has 16 heavy (non-hydrogen) atoms. The minimum atomic E-state index is -0.828. The summed E-state index contributed by atoms with van der Waals surface area (Å²) in [5, 5.41) is 29.3. The monoisotopic (exact) mass is 223 g/mol. The van der Waals surface area contributed by atoms with E-state index in [1.807, 2.05) is 13.8 Å². The predicted octanol–water partition coefficient (Wildman–Crippen LogP) is 2.40. The number of nitro groups is 2. The molecule has 0 fully saturated rings. The highest BCUT2D eigenvalue weighted by Gasteiger charge is 2.23. The van der Waals surface area contributed by atoms with Crippen LogP contribution in [-0.4, -0.2) is 9.85 Å². The lowest BCUT2D eigenvalue weighted by Crippen LogP contribution is -1.97. The molecule has 7 nitrogen and oxygen atoms in total. The van der Waals surface area contributed by atoms with Crippen LogP contribution in [0.3, 0.4) is 0 Å². The van der Waals surface area contributed by atoms with Gasteiger partial charge in [0, 0.05) is 12.1 Å². The van der Waals surface area contributed by atoms with Gasteiger partial charge in [0.2, 0.25) is 5.56 Å². The largest absolute Gasteiger partial charge is 0.294 e. The zero-order valence-electron chi connectivity index (χ0n) is 8.71. The molecular formula is C9H9N3O4. The van der Waals surface area contributed by atoms with E-state index in [2.05, 4.69) is 0 Å². The first-order valence-corrected chi connectivity index (χ1v) is 4.40. The highest BCUT2D eigenvalue weighted by molar-refractivity contribution is 5.60. The molecule has 0 aliphatic carbocycles. The summed E-state index contributed by atoms with van der Waals surface area (Å²) in [4.78, 5) is 19.1. The highest BCUT2D eigenvalue weighted by atomic mass is 16.6. The maximum Gasteiger partial charge on any atom is 0.294 e. The molecule has 0 aromatic heterocycles. The van der Waals surface area contributed by atoms with Gasteiger partial charge in [-0.15, -0.1) is 0 Å². The molecule has 0 amide bonds. The maximum absolute atomic E-state index is 10.4. The summed E-state index contributed by atoms with van der Waals surface area (Å²) in [7, 11) is 0. The molecule has 1 aromatic rings. The summed E-state index contributed by atoms with van der Waals surface area (Å²) in [6.07, 6.45) is 0. The maximum atomic E-state index is 10.4. The molecule has 84 valence electrons. The Morgan fingerprint density at radius 2 is 1.50 bits per heavy atom. The molecule has 0 atom stereocenters. The molecule has 0 N–H and O–H groups in total. The van der Waals surface area contributed by atoms with E-state index in [0.29, 0.717) is 0 Å². The second-order valence-corrected chi connectivity index (χ2v) is 2.30. The Bertz CT molecular complexity index is 418. The van der Waals surface area contributed by atoms with E-state index in [9.17, 15) is 20.2 Å². The van der Waals surface area contributed by atoms with Gasteiger partial charge < -0.3 is 0 Å². The van der Waals surface area contributed by atoms with Crippen LogP contribution >= 0.6 is 0 Å². The van der Waals surface area contributed by atoms with E-state index in [-0.39, 0.29) is 0 Å². The van der Waals surface area contributed by atoms with Crippen molar-refractivity contribution in [2.75, 3.05) is 0 Å². The van der Waals surface area contributed by atoms with E-state index < -0.39 is 26.8 Å². The molecule has 0 heterocycles. The number of nitro benzene ring substituents is 2. The lowest BCUT2D eigenvalue weighted by atomic mass is 10.1. The van der Waals surface area contributed by atoms with Gasteiger partial charge in [0.1, 0.15) is 6.07 Å². The third kappa shape index (κ3) is 2.75. The van der Waals surface area contributed by atoms with E-state index in [1.165, 1.54) is 6.07 Å². The lowest BCUT2D eigenvalue weighted by molar-refractivity contribution is -0.394. The Labute approximate surface area is 91.2 Å². The molecule has 1 rings (SSSR count). The summed E-state index contributed by atoms with van der Waals surface area (Å²) in [5.41, 5.74) is -1.63. The van der Waals surface area contributed by atoms with Crippen molar-refractivity contribution < 1.29 is 9.85 Å². The van der Waals surface area contributed by atoms with Gasteiger partial charge in [0.05, 0.1) is 9.85 Å². The molecule has 0 radical (unpaired) electrons. The highest BCUT2D eigenvalue weighted by Crippen LogP contribution is 2.26. The van der Waals surface area contributed by atoms with Gasteiger partial charge in [-0.05, 0) is 6.07 Å². The molecule has 0 aliphatic rings. The lowest BCUT2D eigenvalue weighted by Gasteiger charge is -1.95. The van der Waals surface area contributed by atoms with Crippen molar-refractivity contribution in [1.29, 1.82) is 5.26 Å². The summed E-state index contributed by atoms with van der Waals surface area (Å²) in [5.74, 6) is 0. The third-order valence-electron chi connectivity index (χ3n) is 1.53. The summed E-state index contributed by atoms with van der Waals surface area (Å²) in [6, 6.07) is 4.70. The Balaban J connectivity index is 0.00000106. The number of benzene rings is 1.